The van der Waals surface area contributed by atoms with Gasteiger partial charge < -0.3 is 15.4 Å². The number of nitrogens with one attached hydrogen (secondary N) is 2. The number of benzene rings is 2. The van der Waals surface area contributed by atoms with Gasteiger partial charge in [0.05, 0.1) is 12.8 Å². The molecule has 4 rings (SSSR count). The van der Waals surface area contributed by atoms with Gasteiger partial charge in [-0.25, -0.2) is 0 Å². The van der Waals surface area contributed by atoms with Gasteiger partial charge in [0, 0.05) is 30.6 Å². The molecule has 2 aromatic rings. The number of ether oxygens (including phenoxy) is 1. The Morgan fingerprint density at radius 3 is 2.62 bits per heavy atom. The van der Waals surface area contributed by atoms with Crippen molar-refractivity contribution in [1.29, 1.82) is 0 Å². The Morgan fingerprint density at radius 2 is 1.94 bits per heavy atom. The summed E-state index contributed by atoms with van der Waals surface area (Å²) in [4.78, 5) is 12.7. The van der Waals surface area contributed by atoms with Gasteiger partial charge in [0.25, 0.3) is 0 Å². The minimum absolute atomic E-state index is 0. The molecule has 2 aromatic carbocycles. The summed E-state index contributed by atoms with van der Waals surface area (Å²) in [7, 11) is 1.58. The van der Waals surface area contributed by atoms with Crippen LogP contribution in [0, 0.1) is 0 Å². The zero-order valence-corrected chi connectivity index (χ0v) is 19.5. The lowest BCUT2D eigenvalue weighted by molar-refractivity contribution is -0.121. The van der Waals surface area contributed by atoms with Crippen LogP contribution < -0.4 is 20.3 Å². The average Bonchev–Trinajstić information content (AvgIpc) is 2.77. The smallest absolute Gasteiger partial charge is 0.321 e. The second-order valence-electron chi connectivity index (χ2n) is 7.81. The molecule has 5 nitrogen and oxygen atoms in total. The number of aryl methyl sites for hydroxylation is 1. The van der Waals surface area contributed by atoms with Crippen LogP contribution in [0.2, 0.25) is 0 Å². The molecular weight excluding hydrogens is 459 g/mol. The minimum atomic E-state index is -2.85. The van der Waals surface area contributed by atoms with Gasteiger partial charge in [-0.05, 0) is 49.1 Å². The lowest BCUT2D eigenvalue weighted by Crippen LogP contribution is -2.45. The molecule has 2 heterocycles. The highest BCUT2D eigenvalue weighted by molar-refractivity contribution is 5.96. The van der Waals surface area contributed by atoms with Crippen LogP contribution in [0.25, 0.3) is 0 Å². The van der Waals surface area contributed by atoms with Crippen LogP contribution in [0.4, 0.5) is 14.5 Å². The molecule has 2 atom stereocenters. The molecule has 176 valence electrons. The Morgan fingerprint density at radius 1 is 1.19 bits per heavy atom. The zero-order chi connectivity index (χ0) is 21.1. The van der Waals surface area contributed by atoms with Gasteiger partial charge in [0.15, 0.2) is 0 Å². The van der Waals surface area contributed by atoms with Crippen LogP contribution in [0.15, 0.2) is 42.5 Å². The number of piperidine rings is 1. The van der Waals surface area contributed by atoms with Crippen LogP contribution >= 0.6 is 24.8 Å². The SMILES string of the molecule is COc1cc2c(cc1CN[C@H]1CCCN[C@H]1c1ccccc1)N(C(F)F)C(=O)CC2.Cl.Cl. The highest BCUT2D eigenvalue weighted by Gasteiger charge is 2.32. The maximum absolute atomic E-state index is 13.5. The number of hydrogen-bond acceptors (Lipinski definition) is 4. The summed E-state index contributed by atoms with van der Waals surface area (Å²) in [5, 5.41) is 7.17. The number of fused-ring (bicyclic) bond motifs is 1. The molecule has 0 radical (unpaired) electrons. The van der Waals surface area contributed by atoms with E-state index in [1.54, 1.807) is 19.2 Å². The monoisotopic (exact) mass is 487 g/mol. The van der Waals surface area contributed by atoms with Crippen LogP contribution in [-0.2, 0) is 17.8 Å². The summed E-state index contributed by atoms with van der Waals surface area (Å²) < 4.78 is 32.6. The normalized spacial score (nSPS) is 20.2. The van der Waals surface area contributed by atoms with Gasteiger partial charge >= 0.3 is 6.55 Å². The second kappa shape index (κ2) is 11.8. The van der Waals surface area contributed by atoms with Gasteiger partial charge in [0.2, 0.25) is 5.91 Å². The Bertz CT molecular complexity index is 902. The van der Waals surface area contributed by atoms with E-state index < -0.39 is 12.5 Å². The molecule has 0 spiro atoms. The number of carbonyl (C=O) groups excluding carboxylic acids is 1. The number of anilines is 1. The third kappa shape index (κ3) is 5.52. The van der Waals surface area contributed by atoms with Gasteiger partial charge in [-0.3, -0.25) is 9.69 Å². The topological polar surface area (TPSA) is 53.6 Å². The van der Waals surface area contributed by atoms with Crippen LogP contribution in [-0.4, -0.2) is 32.2 Å². The molecule has 2 aliphatic heterocycles. The van der Waals surface area contributed by atoms with Crippen molar-refractivity contribution in [2.24, 2.45) is 0 Å². The number of methoxy groups -OCH3 is 1. The number of carbonyl (C=O) groups is 1. The van der Waals surface area contributed by atoms with Crippen LogP contribution in [0.5, 0.6) is 5.75 Å². The Labute approximate surface area is 199 Å². The fourth-order valence-electron chi connectivity index (χ4n) is 4.48. The van der Waals surface area contributed by atoms with Crippen molar-refractivity contribution in [3.63, 3.8) is 0 Å². The molecule has 9 heteroatoms. The van der Waals surface area contributed by atoms with E-state index in [0.717, 1.165) is 30.5 Å². The molecule has 0 saturated carbocycles. The number of amides is 1. The van der Waals surface area contributed by atoms with Crippen molar-refractivity contribution in [2.75, 3.05) is 18.6 Å². The molecule has 0 aliphatic carbocycles. The summed E-state index contributed by atoms with van der Waals surface area (Å²) in [5.41, 5.74) is 3.01. The lowest BCUT2D eigenvalue weighted by Gasteiger charge is -2.34. The third-order valence-electron chi connectivity index (χ3n) is 5.99. The van der Waals surface area contributed by atoms with E-state index >= 15 is 0 Å². The minimum Gasteiger partial charge on any atom is -0.496 e. The van der Waals surface area contributed by atoms with Gasteiger partial charge in [-0.15, -0.1) is 24.8 Å². The van der Waals surface area contributed by atoms with Crippen molar-refractivity contribution in [1.82, 2.24) is 10.6 Å². The van der Waals surface area contributed by atoms with E-state index in [1.807, 2.05) is 18.2 Å². The van der Waals surface area contributed by atoms with E-state index in [1.165, 1.54) is 5.56 Å². The largest absolute Gasteiger partial charge is 0.496 e. The fraction of sp³-hybridized carbons (Fsp3) is 0.435. The predicted molar refractivity (Wildman–Crippen MR) is 126 cm³/mol. The third-order valence-corrected chi connectivity index (χ3v) is 5.99. The Balaban J connectivity index is 0.00000181. The average molecular weight is 488 g/mol. The fourth-order valence-corrected chi connectivity index (χ4v) is 4.48. The van der Waals surface area contributed by atoms with Gasteiger partial charge in [0.1, 0.15) is 5.75 Å². The molecule has 2 aliphatic rings. The molecule has 1 amide bonds. The first-order valence-electron chi connectivity index (χ1n) is 10.4. The Kier molecular flexibility index (Phi) is 9.70. The van der Waals surface area contributed by atoms with Crippen LogP contribution in [0.1, 0.15) is 42.0 Å². The number of rotatable bonds is 6. The summed E-state index contributed by atoms with van der Waals surface area (Å²) in [6.07, 6.45) is 2.62. The molecule has 0 unspecified atom stereocenters. The number of nitrogens with zero attached hydrogens (tertiary/aromatic N) is 1. The van der Waals surface area contributed by atoms with E-state index in [4.69, 9.17) is 4.74 Å². The van der Waals surface area contributed by atoms with Crippen molar-refractivity contribution >= 4 is 36.4 Å². The molecule has 0 bridgehead atoms. The maximum Gasteiger partial charge on any atom is 0.321 e. The van der Waals surface area contributed by atoms with Crippen molar-refractivity contribution in [3.8, 4) is 5.75 Å². The lowest BCUT2D eigenvalue weighted by atomic mass is 9.92. The number of alkyl halides is 2. The van der Waals surface area contributed by atoms with Gasteiger partial charge in [-0.1, -0.05) is 30.3 Å². The van der Waals surface area contributed by atoms with E-state index in [-0.39, 0.29) is 43.3 Å². The summed E-state index contributed by atoms with van der Waals surface area (Å²) in [6.45, 7) is -1.42. The van der Waals surface area contributed by atoms with Crippen molar-refractivity contribution < 1.29 is 18.3 Å². The van der Waals surface area contributed by atoms with E-state index in [0.29, 0.717) is 29.3 Å². The standard InChI is InChI=1S/C23H27F2N3O2.2ClH/c1-30-20-13-16-9-10-21(29)28(23(24)25)19(16)12-17(20)14-27-18-8-5-11-26-22(18)15-6-3-2-4-7-15;;/h2-4,6-7,12-13,18,22-23,26-27H,5,8-11,14H2,1H3;2*1H/t18-,22-;;/m0../s1. The first-order chi connectivity index (χ1) is 14.6. The zero-order valence-electron chi connectivity index (χ0n) is 17.9. The molecule has 0 aromatic heterocycles. The van der Waals surface area contributed by atoms with Crippen molar-refractivity contribution in [2.45, 2.75) is 50.9 Å². The molecule has 32 heavy (non-hydrogen) atoms. The van der Waals surface area contributed by atoms with Crippen molar-refractivity contribution in [3.05, 3.63) is 59.2 Å². The highest BCUT2D eigenvalue weighted by Crippen LogP contribution is 2.36. The first-order valence-corrected chi connectivity index (χ1v) is 10.4. The molecule has 2 N–H and O–H groups in total. The highest BCUT2D eigenvalue weighted by atomic mass is 35.5. The summed E-state index contributed by atoms with van der Waals surface area (Å²) in [5.74, 6) is 0.118. The molecule has 1 saturated heterocycles. The number of hydrogen-bond donors (Lipinski definition) is 2. The van der Waals surface area contributed by atoms with Crippen LogP contribution in [0.3, 0.4) is 0 Å². The maximum atomic E-state index is 13.5. The number of halogens is 4. The first kappa shape index (κ1) is 26.3. The van der Waals surface area contributed by atoms with E-state index in [9.17, 15) is 13.6 Å². The summed E-state index contributed by atoms with van der Waals surface area (Å²) in [6, 6.07) is 14.2. The molecule has 1 fully saturated rings. The molecular formula is C23H29Cl2F2N3O2. The quantitative estimate of drug-likeness (QED) is 0.583. The Hall–Kier alpha value is -1.93. The second-order valence-corrected chi connectivity index (χ2v) is 7.81. The van der Waals surface area contributed by atoms with Gasteiger partial charge in [-0.2, -0.15) is 8.78 Å². The summed E-state index contributed by atoms with van der Waals surface area (Å²) >= 11 is 0. The van der Waals surface area contributed by atoms with E-state index in [2.05, 4.69) is 22.8 Å². The predicted octanol–water partition coefficient (Wildman–Crippen LogP) is 4.62.